The topological polar surface area (TPSA) is 47.3 Å². The molecule has 3 N–H and O–H groups in total. The number of hydrogen-bond donors (Lipinski definition) is 2. The molecule has 0 bridgehead atoms. The molecule has 0 aliphatic carbocycles. The molecule has 1 aromatic heterocycles. The molecule has 0 aromatic carbocycles. The van der Waals surface area contributed by atoms with Gasteiger partial charge in [-0.25, -0.2) is 0 Å². The van der Waals surface area contributed by atoms with Gasteiger partial charge in [0.25, 0.3) is 0 Å². The summed E-state index contributed by atoms with van der Waals surface area (Å²) >= 11 is 7.41. The van der Waals surface area contributed by atoms with Crippen LogP contribution in [-0.4, -0.2) is 26.8 Å². The van der Waals surface area contributed by atoms with Gasteiger partial charge < -0.3 is 15.8 Å². The van der Waals surface area contributed by atoms with Crippen LogP contribution in [0.15, 0.2) is 12.1 Å². The van der Waals surface area contributed by atoms with Crippen LogP contribution in [0.2, 0.25) is 4.34 Å². The van der Waals surface area contributed by atoms with E-state index in [-0.39, 0.29) is 6.04 Å². The fourth-order valence-corrected chi connectivity index (χ4v) is 2.30. The van der Waals surface area contributed by atoms with Crippen LogP contribution in [0.3, 0.4) is 0 Å². The quantitative estimate of drug-likeness (QED) is 0.736. The maximum absolute atomic E-state index is 5.85. The molecule has 1 rings (SSSR count). The van der Waals surface area contributed by atoms with Gasteiger partial charge in [0.2, 0.25) is 0 Å². The number of rotatable bonds is 6. The molecule has 0 aliphatic rings. The number of halogens is 1. The molecule has 1 unspecified atom stereocenters. The van der Waals surface area contributed by atoms with Crippen molar-refractivity contribution in [3.8, 4) is 0 Å². The van der Waals surface area contributed by atoms with Crippen LogP contribution in [0.5, 0.6) is 0 Å². The van der Waals surface area contributed by atoms with Crippen molar-refractivity contribution in [2.75, 3.05) is 26.8 Å². The molecule has 5 heteroatoms. The largest absolute Gasteiger partial charge is 0.383 e. The van der Waals surface area contributed by atoms with Crippen LogP contribution < -0.4 is 11.1 Å². The predicted molar refractivity (Wildman–Crippen MR) is 61.0 cm³/mol. The Morgan fingerprint density at radius 3 is 2.93 bits per heavy atom. The van der Waals surface area contributed by atoms with Gasteiger partial charge in [0.15, 0.2) is 0 Å². The Kier molecular flexibility index (Phi) is 5.44. The van der Waals surface area contributed by atoms with E-state index in [1.165, 1.54) is 4.88 Å². The van der Waals surface area contributed by atoms with Gasteiger partial charge in [-0.05, 0) is 12.1 Å². The van der Waals surface area contributed by atoms with Crippen molar-refractivity contribution >= 4 is 22.9 Å². The third-order valence-corrected chi connectivity index (χ3v) is 3.21. The Hall–Kier alpha value is -0.130. The molecule has 14 heavy (non-hydrogen) atoms. The fraction of sp³-hybridized carbons (Fsp3) is 0.556. The van der Waals surface area contributed by atoms with Crippen molar-refractivity contribution < 1.29 is 4.74 Å². The molecule has 0 amide bonds. The maximum Gasteiger partial charge on any atom is 0.0931 e. The summed E-state index contributed by atoms with van der Waals surface area (Å²) in [5, 5.41) is 3.30. The van der Waals surface area contributed by atoms with Crippen molar-refractivity contribution in [1.29, 1.82) is 0 Å². The van der Waals surface area contributed by atoms with Crippen LogP contribution in [-0.2, 0) is 4.74 Å². The van der Waals surface area contributed by atoms with Gasteiger partial charge in [-0.3, -0.25) is 0 Å². The first-order valence-electron chi connectivity index (χ1n) is 4.45. The zero-order chi connectivity index (χ0) is 10.4. The summed E-state index contributed by atoms with van der Waals surface area (Å²) in [5.74, 6) is 0. The average molecular weight is 235 g/mol. The predicted octanol–water partition coefficient (Wildman–Crippen LogP) is 1.64. The van der Waals surface area contributed by atoms with E-state index >= 15 is 0 Å². The molecule has 3 nitrogen and oxygen atoms in total. The summed E-state index contributed by atoms with van der Waals surface area (Å²) in [6.07, 6.45) is 0. The van der Waals surface area contributed by atoms with Gasteiger partial charge in [-0.2, -0.15) is 0 Å². The minimum absolute atomic E-state index is 0.183. The monoisotopic (exact) mass is 234 g/mol. The van der Waals surface area contributed by atoms with Crippen molar-refractivity contribution in [3.63, 3.8) is 0 Å². The standard InChI is InChI=1S/C9H15ClN2OS/c1-13-5-4-12-7(6-11)8-2-3-9(10)14-8/h2-3,7,12H,4-6,11H2,1H3. The number of nitrogens with one attached hydrogen (secondary N) is 1. The normalized spacial score (nSPS) is 13.1. The van der Waals surface area contributed by atoms with Crippen LogP contribution >= 0.6 is 22.9 Å². The molecular weight excluding hydrogens is 220 g/mol. The molecule has 0 radical (unpaired) electrons. The lowest BCUT2D eigenvalue weighted by molar-refractivity contribution is 0.196. The van der Waals surface area contributed by atoms with Gasteiger partial charge in [0.05, 0.1) is 17.0 Å². The second kappa shape index (κ2) is 6.37. The Bertz CT molecular complexity index is 267. The summed E-state index contributed by atoms with van der Waals surface area (Å²) in [6, 6.07) is 4.08. The fourth-order valence-electron chi connectivity index (χ4n) is 1.15. The van der Waals surface area contributed by atoms with E-state index in [0.717, 1.165) is 10.9 Å². The lowest BCUT2D eigenvalue weighted by atomic mass is 10.2. The second-order valence-electron chi connectivity index (χ2n) is 2.88. The van der Waals surface area contributed by atoms with E-state index in [4.69, 9.17) is 22.1 Å². The van der Waals surface area contributed by atoms with Crippen LogP contribution in [0.1, 0.15) is 10.9 Å². The van der Waals surface area contributed by atoms with Gasteiger partial charge in [-0.15, -0.1) is 11.3 Å². The van der Waals surface area contributed by atoms with Crippen LogP contribution in [0.4, 0.5) is 0 Å². The SMILES string of the molecule is COCCNC(CN)c1ccc(Cl)s1. The van der Waals surface area contributed by atoms with Gasteiger partial charge in [-0.1, -0.05) is 11.6 Å². The Labute approximate surface area is 93.2 Å². The van der Waals surface area contributed by atoms with Gasteiger partial charge in [0, 0.05) is 25.1 Å². The average Bonchev–Trinajstić information content (AvgIpc) is 2.60. The Balaban J connectivity index is 2.45. The minimum atomic E-state index is 0.183. The van der Waals surface area contributed by atoms with Gasteiger partial charge >= 0.3 is 0 Å². The Morgan fingerprint density at radius 1 is 1.64 bits per heavy atom. The third-order valence-electron chi connectivity index (χ3n) is 1.87. The Morgan fingerprint density at radius 2 is 2.43 bits per heavy atom. The molecule has 0 saturated carbocycles. The summed E-state index contributed by atoms with van der Waals surface area (Å²) in [6.45, 7) is 2.06. The summed E-state index contributed by atoms with van der Waals surface area (Å²) in [7, 11) is 1.68. The number of nitrogens with two attached hydrogens (primary N) is 1. The van der Waals surface area contributed by atoms with E-state index in [9.17, 15) is 0 Å². The van der Waals surface area contributed by atoms with E-state index in [1.807, 2.05) is 12.1 Å². The molecule has 0 saturated heterocycles. The molecule has 1 heterocycles. The van der Waals surface area contributed by atoms with Crippen molar-refractivity contribution in [2.45, 2.75) is 6.04 Å². The van der Waals surface area contributed by atoms with Crippen LogP contribution in [0.25, 0.3) is 0 Å². The summed E-state index contributed by atoms with van der Waals surface area (Å²) < 4.78 is 5.75. The molecule has 0 spiro atoms. The zero-order valence-electron chi connectivity index (χ0n) is 8.13. The molecule has 0 fully saturated rings. The van der Waals surface area contributed by atoms with E-state index in [1.54, 1.807) is 18.4 Å². The van der Waals surface area contributed by atoms with E-state index < -0.39 is 0 Å². The molecule has 80 valence electrons. The van der Waals surface area contributed by atoms with Crippen molar-refractivity contribution in [3.05, 3.63) is 21.3 Å². The van der Waals surface area contributed by atoms with Crippen molar-refractivity contribution in [2.24, 2.45) is 5.73 Å². The number of ether oxygens (including phenoxy) is 1. The highest BCUT2D eigenvalue weighted by molar-refractivity contribution is 7.16. The lowest BCUT2D eigenvalue weighted by Crippen LogP contribution is -2.30. The van der Waals surface area contributed by atoms with Crippen LogP contribution in [0, 0.1) is 0 Å². The summed E-state index contributed by atoms with van der Waals surface area (Å²) in [4.78, 5) is 1.17. The first kappa shape index (κ1) is 11.9. The van der Waals surface area contributed by atoms with E-state index in [0.29, 0.717) is 13.2 Å². The molecule has 0 aliphatic heterocycles. The molecular formula is C9H15ClN2OS. The van der Waals surface area contributed by atoms with E-state index in [2.05, 4.69) is 5.32 Å². The number of hydrogen-bond acceptors (Lipinski definition) is 4. The number of methoxy groups -OCH3 is 1. The first-order chi connectivity index (χ1) is 6.77. The maximum atomic E-state index is 5.85. The summed E-state index contributed by atoms with van der Waals surface area (Å²) in [5.41, 5.74) is 5.66. The molecule has 1 atom stereocenters. The highest BCUT2D eigenvalue weighted by Crippen LogP contribution is 2.26. The lowest BCUT2D eigenvalue weighted by Gasteiger charge is -2.14. The van der Waals surface area contributed by atoms with Crippen molar-refractivity contribution in [1.82, 2.24) is 5.32 Å². The highest BCUT2D eigenvalue weighted by atomic mass is 35.5. The molecule has 1 aromatic rings. The zero-order valence-corrected chi connectivity index (χ0v) is 9.70. The first-order valence-corrected chi connectivity index (χ1v) is 5.65. The minimum Gasteiger partial charge on any atom is -0.383 e. The third kappa shape index (κ3) is 3.55. The van der Waals surface area contributed by atoms with Gasteiger partial charge in [0.1, 0.15) is 0 Å². The smallest absolute Gasteiger partial charge is 0.0931 e. The number of thiophene rings is 1. The highest BCUT2D eigenvalue weighted by Gasteiger charge is 2.10. The second-order valence-corrected chi connectivity index (χ2v) is 4.62.